The molecule has 2 N–H and O–H groups in total. The first-order chi connectivity index (χ1) is 11.5. The molecular weight excluding hydrogens is 310 g/mol. The molecule has 3 aromatic rings. The van der Waals surface area contributed by atoms with Crippen LogP contribution in [0.25, 0.3) is 10.9 Å². The Morgan fingerprint density at radius 3 is 2.92 bits per heavy atom. The summed E-state index contributed by atoms with van der Waals surface area (Å²) in [6, 6.07) is 8.77. The van der Waals surface area contributed by atoms with Crippen molar-refractivity contribution in [3.05, 3.63) is 52.3 Å². The molecule has 0 fully saturated rings. The van der Waals surface area contributed by atoms with Crippen molar-refractivity contribution in [2.75, 3.05) is 18.9 Å². The molecule has 0 saturated heterocycles. The molecule has 0 unspecified atom stereocenters. The van der Waals surface area contributed by atoms with Gasteiger partial charge in [-0.3, -0.25) is 14.5 Å². The van der Waals surface area contributed by atoms with E-state index in [4.69, 9.17) is 4.52 Å². The highest BCUT2D eigenvalue weighted by atomic mass is 16.5. The molecule has 0 spiro atoms. The van der Waals surface area contributed by atoms with E-state index in [9.17, 15) is 9.59 Å². The van der Waals surface area contributed by atoms with E-state index in [1.54, 1.807) is 43.1 Å². The number of rotatable bonds is 5. The normalized spacial score (nSPS) is 11.1. The van der Waals surface area contributed by atoms with Crippen molar-refractivity contribution < 1.29 is 9.32 Å². The number of hydrogen-bond donors (Lipinski definition) is 2. The Hall–Kier alpha value is -3.00. The fourth-order valence-corrected chi connectivity index (χ4v) is 2.37. The molecule has 0 bridgehead atoms. The number of aromatic nitrogens is 3. The van der Waals surface area contributed by atoms with Gasteiger partial charge in [-0.25, -0.2) is 4.98 Å². The van der Waals surface area contributed by atoms with Gasteiger partial charge >= 0.3 is 0 Å². The smallest absolute Gasteiger partial charge is 0.258 e. The van der Waals surface area contributed by atoms with Crippen molar-refractivity contribution in [2.24, 2.45) is 0 Å². The van der Waals surface area contributed by atoms with Crippen LogP contribution in [0, 0.1) is 6.92 Å². The van der Waals surface area contributed by atoms with Gasteiger partial charge in [0.05, 0.1) is 24.0 Å². The monoisotopic (exact) mass is 327 g/mol. The second-order valence-corrected chi connectivity index (χ2v) is 5.57. The number of hydrogen-bond acceptors (Lipinski definition) is 6. The lowest BCUT2D eigenvalue weighted by atomic mass is 10.2. The molecule has 1 amide bonds. The van der Waals surface area contributed by atoms with Gasteiger partial charge in [0.25, 0.3) is 5.56 Å². The number of nitrogens with zero attached hydrogens (tertiary/aromatic N) is 3. The number of benzene rings is 1. The summed E-state index contributed by atoms with van der Waals surface area (Å²) in [6.07, 6.45) is 0. The number of nitrogens with one attached hydrogen (secondary N) is 2. The number of carbonyl (C=O) groups is 1. The van der Waals surface area contributed by atoms with E-state index in [0.717, 1.165) is 0 Å². The van der Waals surface area contributed by atoms with Crippen molar-refractivity contribution in [3.8, 4) is 0 Å². The molecule has 0 atom stereocenters. The molecule has 0 aliphatic heterocycles. The quantitative estimate of drug-likeness (QED) is 0.732. The van der Waals surface area contributed by atoms with Crippen LogP contribution in [0.15, 0.2) is 39.6 Å². The molecule has 3 rings (SSSR count). The summed E-state index contributed by atoms with van der Waals surface area (Å²) in [4.78, 5) is 32.9. The maximum Gasteiger partial charge on any atom is 0.258 e. The second-order valence-electron chi connectivity index (χ2n) is 5.57. The van der Waals surface area contributed by atoms with Gasteiger partial charge in [-0.15, -0.1) is 0 Å². The SMILES string of the molecule is Cc1cc(NC(=O)CN(C)Cc2nc3ccccc3c(=O)[nH]2)no1. The molecule has 24 heavy (non-hydrogen) atoms. The first-order valence-corrected chi connectivity index (χ1v) is 7.41. The van der Waals surface area contributed by atoms with Crippen LogP contribution in [0.4, 0.5) is 5.82 Å². The molecule has 124 valence electrons. The summed E-state index contributed by atoms with van der Waals surface area (Å²) < 4.78 is 4.89. The molecule has 8 heteroatoms. The molecule has 0 radical (unpaired) electrons. The van der Waals surface area contributed by atoms with Gasteiger partial charge in [0.15, 0.2) is 5.82 Å². The van der Waals surface area contributed by atoms with Crippen molar-refractivity contribution in [3.63, 3.8) is 0 Å². The van der Waals surface area contributed by atoms with E-state index in [2.05, 4.69) is 20.4 Å². The third kappa shape index (κ3) is 3.66. The minimum absolute atomic E-state index is 0.127. The highest BCUT2D eigenvalue weighted by Gasteiger charge is 2.11. The van der Waals surface area contributed by atoms with E-state index in [0.29, 0.717) is 34.9 Å². The largest absolute Gasteiger partial charge is 0.360 e. The Morgan fingerprint density at radius 1 is 1.38 bits per heavy atom. The topological polar surface area (TPSA) is 104 Å². The maximum absolute atomic E-state index is 12.0. The number of likely N-dealkylation sites (N-methyl/N-ethyl adjacent to an activating group) is 1. The van der Waals surface area contributed by atoms with Crippen LogP contribution in [0.1, 0.15) is 11.6 Å². The summed E-state index contributed by atoms with van der Waals surface area (Å²) in [5.41, 5.74) is 0.443. The maximum atomic E-state index is 12.0. The van der Waals surface area contributed by atoms with Gasteiger partial charge in [-0.2, -0.15) is 0 Å². The zero-order valence-corrected chi connectivity index (χ0v) is 13.4. The summed E-state index contributed by atoms with van der Waals surface area (Å²) in [5, 5.41) is 6.89. The zero-order chi connectivity index (χ0) is 17.1. The fourth-order valence-electron chi connectivity index (χ4n) is 2.37. The number of H-pyrrole nitrogens is 1. The molecule has 2 aromatic heterocycles. The molecular formula is C16H17N5O3. The highest BCUT2D eigenvalue weighted by molar-refractivity contribution is 5.91. The average Bonchev–Trinajstić information content (AvgIpc) is 2.92. The van der Waals surface area contributed by atoms with Crippen LogP contribution >= 0.6 is 0 Å². The number of amides is 1. The molecule has 0 saturated carbocycles. The lowest BCUT2D eigenvalue weighted by Crippen LogP contribution is -2.31. The zero-order valence-electron chi connectivity index (χ0n) is 13.4. The van der Waals surface area contributed by atoms with Gasteiger partial charge < -0.3 is 14.8 Å². The first kappa shape index (κ1) is 15.9. The number of fused-ring (bicyclic) bond motifs is 1. The van der Waals surface area contributed by atoms with Crippen LogP contribution in [0.3, 0.4) is 0 Å². The minimum atomic E-state index is -0.228. The van der Waals surface area contributed by atoms with Gasteiger partial charge in [-0.05, 0) is 26.1 Å². The average molecular weight is 327 g/mol. The van der Waals surface area contributed by atoms with Crippen LogP contribution in [0.5, 0.6) is 0 Å². The molecule has 0 aliphatic carbocycles. The lowest BCUT2D eigenvalue weighted by Gasteiger charge is -2.15. The van der Waals surface area contributed by atoms with Crippen LogP contribution in [-0.2, 0) is 11.3 Å². The van der Waals surface area contributed by atoms with Gasteiger partial charge in [-0.1, -0.05) is 17.3 Å². The Labute approximate surface area is 137 Å². The number of aryl methyl sites for hydroxylation is 1. The Kier molecular flexibility index (Phi) is 4.39. The summed E-state index contributed by atoms with van der Waals surface area (Å²) >= 11 is 0. The van der Waals surface area contributed by atoms with Crippen molar-refractivity contribution in [2.45, 2.75) is 13.5 Å². The van der Waals surface area contributed by atoms with Crippen molar-refractivity contribution >= 4 is 22.6 Å². The Balaban J connectivity index is 1.65. The summed E-state index contributed by atoms with van der Waals surface area (Å²) in [5.74, 6) is 1.28. The van der Waals surface area contributed by atoms with Crippen LogP contribution in [-0.4, -0.2) is 39.5 Å². The second kappa shape index (κ2) is 6.63. The fraction of sp³-hybridized carbons (Fsp3) is 0.250. The number of para-hydroxylation sites is 1. The predicted octanol–water partition coefficient (Wildman–Crippen LogP) is 1.29. The van der Waals surface area contributed by atoms with E-state index in [-0.39, 0.29) is 18.0 Å². The summed E-state index contributed by atoms with van der Waals surface area (Å²) in [7, 11) is 1.77. The van der Waals surface area contributed by atoms with E-state index in [1.807, 2.05) is 6.07 Å². The highest BCUT2D eigenvalue weighted by Crippen LogP contribution is 2.08. The molecule has 2 heterocycles. The van der Waals surface area contributed by atoms with E-state index < -0.39 is 0 Å². The van der Waals surface area contributed by atoms with Gasteiger partial charge in [0.1, 0.15) is 11.6 Å². The van der Waals surface area contributed by atoms with Crippen LogP contribution in [0.2, 0.25) is 0 Å². The van der Waals surface area contributed by atoms with Crippen molar-refractivity contribution in [1.82, 2.24) is 20.0 Å². The lowest BCUT2D eigenvalue weighted by molar-refractivity contribution is -0.117. The third-order valence-electron chi connectivity index (χ3n) is 3.39. The number of aromatic amines is 1. The Bertz CT molecular complexity index is 931. The minimum Gasteiger partial charge on any atom is -0.360 e. The van der Waals surface area contributed by atoms with Crippen LogP contribution < -0.4 is 10.9 Å². The van der Waals surface area contributed by atoms with Crippen molar-refractivity contribution in [1.29, 1.82) is 0 Å². The van der Waals surface area contributed by atoms with E-state index in [1.165, 1.54) is 0 Å². The standard InChI is InChI=1S/C16H17N5O3/c1-10-7-13(20-24-10)18-15(22)9-21(2)8-14-17-12-6-4-3-5-11(12)16(23)19-14/h3-7H,8-9H2,1-2H3,(H,17,19,23)(H,18,20,22). The molecule has 1 aromatic carbocycles. The number of carbonyl (C=O) groups excluding carboxylic acids is 1. The van der Waals surface area contributed by atoms with Gasteiger partial charge in [0.2, 0.25) is 5.91 Å². The summed E-state index contributed by atoms with van der Waals surface area (Å²) in [6.45, 7) is 2.21. The predicted molar refractivity (Wildman–Crippen MR) is 88.6 cm³/mol. The Morgan fingerprint density at radius 2 is 2.17 bits per heavy atom. The first-order valence-electron chi connectivity index (χ1n) is 7.41. The number of anilines is 1. The van der Waals surface area contributed by atoms with E-state index >= 15 is 0 Å². The molecule has 8 nitrogen and oxygen atoms in total. The third-order valence-corrected chi connectivity index (χ3v) is 3.39. The molecule has 0 aliphatic rings. The van der Waals surface area contributed by atoms with Gasteiger partial charge in [0, 0.05) is 6.07 Å².